The fraction of sp³-hybridized carbons (Fsp3) is 0.240. The van der Waals surface area contributed by atoms with E-state index < -0.39 is 12.1 Å². The smallest absolute Gasteiger partial charge is 0.323 e. The molecule has 11 nitrogen and oxygen atoms in total. The van der Waals surface area contributed by atoms with Gasteiger partial charge in [-0.25, -0.2) is 9.59 Å². The fourth-order valence-corrected chi connectivity index (χ4v) is 3.35. The molecule has 2 aromatic carbocycles. The molecule has 0 bridgehead atoms. The van der Waals surface area contributed by atoms with Crippen LogP contribution in [0.15, 0.2) is 42.5 Å². The van der Waals surface area contributed by atoms with Gasteiger partial charge in [-0.05, 0) is 44.2 Å². The zero-order valence-corrected chi connectivity index (χ0v) is 20.9. The van der Waals surface area contributed by atoms with Crippen molar-refractivity contribution in [2.24, 2.45) is 0 Å². The average Bonchev–Trinajstić information content (AvgIpc) is 2.86. The topological polar surface area (TPSA) is 132 Å². The second-order valence-corrected chi connectivity index (χ2v) is 7.54. The first-order chi connectivity index (χ1) is 17.3. The first kappa shape index (κ1) is 25.9. The normalized spacial score (nSPS) is 10.2. The van der Waals surface area contributed by atoms with Gasteiger partial charge in [0.25, 0.3) is 0 Å². The molecule has 0 saturated carbocycles. The molecule has 190 valence electrons. The summed E-state index contributed by atoms with van der Waals surface area (Å²) in [4.78, 5) is 29.9. The van der Waals surface area contributed by atoms with Crippen LogP contribution >= 0.6 is 0 Å². The van der Waals surface area contributed by atoms with E-state index in [0.717, 1.165) is 0 Å². The van der Waals surface area contributed by atoms with E-state index in [0.29, 0.717) is 57.1 Å². The van der Waals surface area contributed by atoms with Gasteiger partial charge in [0.1, 0.15) is 23.0 Å². The molecular formula is C25H29N5O6. The number of carbonyl (C=O) groups is 2. The third-order valence-corrected chi connectivity index (χ3v) is 5.21. The van der Waals surface area contributed by atoms with Crippen LogP contribution in [0.2, 0.25) is 0 Å². The molecule has 4 N–H and O–H groups in total. The number of amides is 4. The van der Waals surface area contributed by atoms with Gasteiger partial charge in [-0.1, -0.05) is 0 Å². The third kappa shape index (κ3) is 6.26. The molecule has 4 amide bonds. The number of aryl methyl sites for hydroxylation is 2. The quantitative estimate of drug-likeness (QED) is 0.345. The van der Waals surface area contributed by atoms with E-state index in [4.69, 9.17) is 18.9 Å². The Kier molecular flexibility index (Phi) is 8.39. The highest BCUT2D eigenvalue weighted by Crippen LogP contribution is 2.31. The molecule has 3 rings (SSSR count). The lowest BCUT2D eigenvalue weighted by Gasteiger charge is -2.16. The average molecular weight is 496 g/mol. The molecule has 0 saturated heterocycles. The van der Waals surface area contributed by atoms with Gasteiger partial charge in [-0.3, -0.25) is 4.98 Å². The molecule has 36 heavy (non-hydrogen) atoms. The summed E-state index contributed by atoms with van der Waals surface area (Å²) in [5.74, 6) is 2.06. The van der Waals surface area contributed by atoms with Crippen LogP contribution in [0.3, 0.4) is 0 Å². The van der Waals surface area contributed by atoms with Gasteiger partial charge in [0.15, 0.2) is 0 Å². The van der Waals surface area contributed by atoms with Gasteiger partial charge in [0.2, 0.25) is 0 Å². The minimum absolute atomic E-state index is 0.411. The Labute approximate surface area is 209 Å². The van der Waals surface area contributed by atoms with Crippen molar-refractivity contribution in [3.63, 3.8) is 0 Å². The minimum atomic E-state index is -0.521. The van der Waals surface area contributed by atoms with Crippen molar-refractivity contribution >= 4 is 34.8 Å². The Morgan fingerprint density at radius 2 is 0.972 bits per heavy atom. The van der Waals surface area contributed by atoms with Crippen LogP contribution in [-0.4, -0.2) is 45.5 Å². The summed E-state index contributed by atoms with van der Waals surface area (Å²) in [6, 6.07) is 10.7. The summed E-state index contributed by atoms with van der Waals surface area (Å²) in [5.41, 5.74) is 2.82. The van der Waals surface area contributed by atoms with Crippen molar-refractivity contribution in [3.05, 3.63) is 53.9 Å². The highest BCUT2D eigenvalue weighted by Gasteiger charge is 2.15. The Bertz CT molecular complexity index is 1170. The standard InChI is InChI=1S/C25H29N5O6/c1-14-18(27-24(31)29-20-11-16(33-3)7-9-22(20)35-5)13-19(15(2)26-14)28-25(32)30-21-12-17(34-4)8-10-23(21)36-6/h7-13H,1-6H3,(H2,27,29,31)(H2,28,30,32). The second kappa shape index (κ2) is 11.6. The third-order valence-electron chi connectivity index (χ3n) is 5.21. The van der Waals surface area contributed by atoms with Crippen molar-refractivity contribution in [2.45, 2.75) is 13.8 Å². The van der Waals surface area contributed by atoms with E-state index in [-0.39, 0.29) is 0 Å². The number of hydrogen-bond donors (Lipinski definition) is 4. The largest absolute Gasteiger partial charge is 0.497 e. The lowest BCUT2D eigenvalue weighted by molar-refractivity contribution is 0.261. The van der Waals surface area contributed by atoms with E-state index in [9.17, 15) is 9.59 Å². The fourth-order valence-electron chi connectivity index (χ4n) is 3.35. The maximum absolute atomic E-state index is 12.7. The summed E-state index contributed by atoms with van der Waals surface area (Å²) >= 11 is 0. The van der Waals surface area contributed by atoms with Crippen molar-refractivity contribution in [1.29, 1.82) is 0 Å². The van der Waals surface area contributed by atoms with Gasteiger partial charge in [-0.15, -0.1) is 0 Å². The molecular weight excluding hydrogens is 466 g/mol. The minimum Gasteiger partial charge on any atom is -0.497 e. The summed E-state index contributed by atoms with van der Waals surface area (Å²) in [7, 11) is 6.07. The van der Waals surface area contributed by atoms with Crippen molar-refractivity contribution in [1.82, 2.24) is 4.98 Å². The Balaban J connectivity index is 1.75. The lowest BCUT2D eigenvalue weighted by Crippen LogP contribution is -2.23. The predicted molar refractivity (Wildman–Crippen MR) is 138 cm³/mol. The molecule has 1 heterocycles. The Morgan fingerprint density at radius 1 is 0.583 bits per heavy atom. The summed E-state index contributed by atoms with van der Waals surface area (Å²) in [6.45, 7) is 3.50. The van der Waals surface area contributed by atoms with Crippen LogP contribution in [0.1, 0.15) is 11.4 Å². The van der Waals surface area contributed by atoms with Crippen LogP contribution in [0.25, 0.3) is 0 Å². The molecule has 0 aliphatic heterocycles. The molecule has 0 aliphatic carbocycles. The summed E-state index contributed by atoms with van der Waals surface area (Å²) < 4.78 is 21.0. The van der Waals surface area contributed by atoms with E-state index >= 15 is 0 Å². The molecule has 0 radical (unpaired) electrons. The highest BCUT2D eigenvalue weighted by atomic mass is 16.5. The number of ether oxygens (including phenoxy) is 4. The molecule has 11 heteroatoms. The number of nitrogens with zero attached hydrogens (tertiary/aromatic N) is 1. The molecule has 0 fully saturated rings. The number of hydrogen-bond acceptors (Lipinski definition) is 7. The van der Waals surface area contributed by atoms with Crippen LogP contribution in [0, 0.1) is 13.8 Å². The molecule has 0 atom stereocenters. The Hall–Kier alpha value is -4.67. The maximum atomic E-state index is 12.7. The maximum Gasteiger partial charge on any atom is 0.323 e. The predicted octanol–water partition coefficient (Wildman–Crippen LogP) is 5.02. The number of anilines is 4. The molecule has 0 aliphatic rings. The number of pyridine rings is 1. The molecule has 0 spiro atoms. The first-order valence-corrected chi connectivity index (χ1v) is 10.9. The van der Waals surface area contributed by atoms with Gasteiger partial charge in [0, 0.05) is 12.1 Å². The Morgan fingerprint density at radius 3 is 1.33 bits per heavy atom. The number of methoxy groups -OCH3 is 4. The highest BCUT2D eigenvalue weighted by molar-refractivity contribution is 6.03. The summed E-state index contributed by atoms with van der Waals surface area (Å²) in [5, 5.41) is 11.0. The zero-order chi connectivity index (χ0) is 26.2. The van der Waals surface area contributed by atoms with E-state index in [1.807, 2.05) is 0 Å². The van der Waals surface area contributed by atoms with Crippen molar-refractivity contribution in [2.75, 3.05) is 49.7 Å². The number of urea groups is 2. The van der Waals surface area contributed by atoms with Crippen molar-refractivity contribution < 1.29 is 28.5 Å². The number of aromatic nitrogens is 1. The molecule has 0 unspecified atom stereocenters. The van der Waals surface area contributed by atoms with E-state index in [2.05, 4.69) is 26.3 Å². The van der Waals surface area contributed by atoms with Gasteiger partial charge in [-0.2, -0.15) is 0 Å². The monoisotopic (exact) mass is 495 g/mol. The number of rotatable bonds is 8. The van der Waals surface area contributed by atoms with Crippen LogP contribution < -0.4 is 40.2 Å². The van der Waals surface area contributed by atoms with Crippen LogP contribution in [-0.2, 0) is 0 Å². The number of benzene rings is 2. The molecule has 3 aromatic rings. The SMILES string of the molecule is COc1ccc(OC)c(NC(=O)Nc2cc(NC(=O)Nc3cc(OC)ccc3OC)c(C)nc2C)c1. The zero-order valence-electron chi connectivity index (χ0n) is 20.9. The van der Waals surface area contributed by atoms with Crippen LogP contribution in [0.5, 0.6) is 23.0 Å². The van der Waals surface area contributed by atoms with Crippen molar-refractivity contribution in [3.8, 4) is 23.0 Å². The van der Waals surface area contributed by atoms with Gasteiger partial charge in [0.05, 0.1) is 62.6 Å². The number of carbonyl (C=O) groups excluding carboxylic acids is 2. The van der Waals surface area contributed by atoms with E-state index in [1.165, 1.54) is 28.4 Å². The van der Waals surface area contributed by atoms with Gasteiger partial charge >= 0.3 is 12.1 Å². The molecule has 1 aromatic heterocycles. The summed E-state index contributed by atoms with van der Waals surface area (Å²) in [6.07, 6.45) is 0. The second-order valence-electron chi connectivity index (χ2n) is 7.54. The van der Waals surface area contributed by atoms with Crippen LogP contribution in [0.4, 0.5) is 32.3 Å². The first-order valence-electron chi connectivity index (χ1n) is 10.9. The lowest BCUT2D eigenvalue weighted by atomic mass is 10.2. The van der Waals surface area contributed by atoms with Gasteiger partial charge < -0.3 is 40.2 Å². The number of nitrogens with one attached hydrogen (secondary N) is 4. The van der Waals surface area contributed by atoms with E-state index in [1.54, 1.807) is 56.3 Å².